The highest BCUT2D eigenvalue weighted by atomic mass is 19.1. The van der Waals surface area contributed by atoms with Gasteiger partial charge in [0, 0.05) is 12.5 Å². The van der Waals surface area contributed by atoms with E-state index in [0.717, 1.165) is 12.1 Å². The smallest absolute Gasteiger partial charge is 0.326 e. The van der Waals surface area contributed by atoms with Crippen LogP contribution in [0.4, 0.5) is 8.78 Å². The van der Waals surface area contributed by atoms with Crippen molar-refractivity contribution in [2.75, 3.05) is 0 Å². The van der Waals surface area contributed by atoms with Crippen molar-refractivity contribution in [3.05, 3.63) is 70.8 Å². The molecule has 0 heterocycles. The minimum Gasteiger partial charge on any atom is -0.480 e. The fourth-order valence-corrected chi connectivity index (χ4v) is 2.31. The second-order valence-corrected chi connectivity index (χ2v) is 5.34. The first kappa shape index (κ1) is 18.1. The third-order valence-corrected chi connectivity index (χ3v) is 3.56. The van der Waals surface area contributed by atoms with Crippen LogP contribution in [0.3, 0.4) is 0 Å². The van der Waals surface area contributed by atoms with E-state index in [-0.39, 0.29) is 12.0 Å². The molecule has 0 aromatic heterocycles. The van der Waals surface area contributed by atoms with E-state index in [4.69, 9.17) is 5.26 Å². The Balaban J connectivity index is 2.09. The lowest BCUT2D eigenvalue weighted by molar-refractivity contribution is -0.141. The maximum atomic E-state index is 13.6. The maximum absolute atomic E-state index is 13.6. The Hall–Kier alpha value is -3.27. The first-order valence-corrected chi connectivity index (χ1v) is 7.35. The number of nitrogens with zero attached hydrogens (tertiary/aromatic N) is 1. The molecule has 0 saturated heterocycles. The zero-order chi connectivity index (χ0) is 18.4. The van der Waals surface area contributed by atoms with E-state index in [2.05, 4.69) is 5.32 Å². The molecular formula is C18H14F2N2O3. The summed E-state index contributed by atoms with van der Waals surface area (Å²) >= 11 is 0. The van der Waals surface area contributed by atoms with Gasteiger partial charge in [0.25, 0.3) is 0 Å². The lowest BCUT2D eigenvalue weighted by Crippen LogP contribution is -2.43. The van der Waals surface area contributed by atoms with Gasteiger partial charge >= 0.3 is 5.97 Å². The predicted octanol–water partition coefficient (Wildman–Crippen LogP) is 2.19. The summed E-state index contributed by atoms with van der Waals surface area (Å²) in [5.74, 6) is -3.64. The van der Waals surface area contributed by atoms with Crippen LogP contribution >= 0.6 is 0 Å². The van der Waals surface area contributed by atoms with Gasteiger partial charge in [-0.05, 0) is 23.3 Å². The Kier molecular flexibility index (Phi) is 5.79. The fourth-order valence-electron chi connectivity index (χ4n) is 2.31. The average Bonchev–Trinajstić information content (AvgIpc) is 2.57. The van der Waals surface area contributed by atoms with Crippen molar-refractivity contribution in [2.24, 2.45) is 0 Å². The van der Waals surface area contributed by atoms with Gasteiger partial charge in [-0.1, -0.05) is 24.3 Å². The molecule has 7 heteroatoms. The number of carboxylic acid groups (broad SMARTS) is 1. The molecule has 1 atom stereocenters. The van der Waals surface area contributed by atoms with Gasteiger partial charge in [-0.15, -0.1) is 0 Å². The number of aliphatic carboxylic acids is 1. The lowest BCUT2D eigenvalue weighted by atomic mass is 10.0. The second-order valence-electron chi connectivity index (χ2n) is 5.34. The Morgan fingerprint density at radius 3 is 2.52 bits per heavy atom. The molecule has 0 saturated carbocycles. The number of nitrogens with one attached hydrogen (secondary N) is 1. The molecule has 5 nitrogen and oxygen atoms in total. The summed E-state index contributed by atoms with van der Waals surface area (Å²) in [5.41, 5.74) is 0.749. The highest BCUT2D eigenvalue weighted by Gasteiger charge is 2.22. The van der Waals surface area contributed by atoms with Crippen LogP contribution in [-0.2, 0) is 22.4 Å². The van der Waals surface area contributed by atoms with Crippen molar-refractivity contribution >= 4 is 11.9 Å². The molecule has 0 bridgehead atoms. The van der Waals surface area contributed by atoms with Crippen molar-refractivity contribution in [1.82, 2.24) is 5.32 Å². The summed E-state index contributed by atoms with van der Waals surface area (Å²) in [5, 5.41) is 20.6. The van der Waals surface area contributed by atoms with Crippen LogP contribution in [0.2, 0.25) is 0 Å². The molecule has 2 N–H and O–H groups in total. The van der Waals surface area contributed by atoms with E-state index >= 15 is 0 Å². The average molecular weight is 344 g/mol. The first-order valence-electron chi connectivity index (χ1n) is 7.35. The second kappa shape index (κ2) is 8.02. The fraction of sp³-hybridized carbons (Fsp3) is 0.167. The Morgan fingerprint density at radius 1 is 1.16 bits per heavy atom. The highest BCUT2D eigenvalue weighted by molar-refractivity contribution is 5.85. The number of carboxylic acids is 1. The topological polar surface area (TPSA) is 90.2 Å². The van der Waals surface area contributed by atoms with Crippen LogP contribution < -0.4 is 5.32 Å². The standard InChI is InChI=1S/C18H14F2N2O3/c19-14-6-5-12(15(20)9-14)8-17(23)22-16(18(24)25)7-11-3-1-2-4-13(11)10-21/h1-6,9,16H,7-8H2,(H,22,23)(H,24,25)/t16-/m0/s1. The summed E-state index contributed by atoms with van der Waals surface area (Å²) in [6.07, 6.45) is -0.507. The molecular weight excluding hydrogens is 330 g/mol. The van der Waals surface area contributed by atoms with Gasteiger partial charge in [0.1, 0.15) is 17.7 Å². The van der Waals surface area contributed by atoms with Gasteiger partial charge in [0.05, 0.1) is 18.1 Å². The van der Waals surface area contributed by atoms with Gasteiger partial charge in [-0.3, -0.25) is 4.79 Å². The Labute approximate surface area is 142 Å². The van der Waals surface area contributed by atoms with E-state index in [1.807, 2.05) is 6.07 Å². The van der Waals surface area contributed by atoms with Crippen LogP contribution in [0.5, 0.6) is 0 Å². The van der Waals surface area contributed by atoms with E-state index in [0.29, 0.717) is 17.2 Å². The minimum atomic E-state index is -1.28. The predicted molar refractivity (Wildman–Crippen MR) is 84.5 cm³/mol. The molecule has 0 radical (unpaired) electrons. The van der Waals surface area contributed by atoms with Crippen molar-refractivity contribution in [2.45, 2.75) is 18.9 Å². The largest absolute Gasteiger partial charge is 0.480 e. The molecule has 1 amide bonds. The Bertz CT molecular complexity index is 846. The lowest BCUT2D eigenvalue weighted by Gasteiger charge is -2.15. The van der Waals surface area contributed by atoms with Crippen molar-refractivity contribution in [3.8, 4) is 6.07 Å². The van der Waals surface area contributed by atoms with E-state index < -0.39 is 36.0 Å². The van der Waals surface area contributed by atoms with Gasteiger partial charge in [0.15, 0.2) is 0 Å². The highest BCUT2D eigenvalue weighted by Crippen LogP contribution is 2.12. The molecule has 2 aromatic rings. The molecule has 128 valence electrons. The Morgan fingerprint density at radius 2 is 1.88 bits per heavy atom. The van der Waals surface area contributed by atoms with Crippen LogP contribution in [0.15, 0.2) is 42.5 Å². The number of rotatable bonds is 6. The van der Waals surface area contributed by atoms with E-state index in [1.165, 1.54) is 0 Å². The molecule has 0 fully saturated rings. The number of carbonyl (C=O) groups is 2. The number of nitriles is 1. The summed E-state index contributed by atoms with van der Waals surface area (Å²) in [6, 6.07) is 9.93. The van der Waals surface area contributed by atoms with Crippen molar-refractivity contribution < 1.29 is 23.5 Å². The molecule has 0 unspecified atom stereocenters. The van der Waals surface area contributed by atoms with E-state index in [9.17, 15) is 23.5 Å². The number of carbonyl (C=O) groups excluding carboxylic acids is 1. The molecule has 25 heavy (non-hydrogen) atoms. The molecule has 0 aliphatic heterocycles. The van der Waals surface area contributed by atoms with Gasteiger partial charge < -0.3 is 10.4 Å². The summed E-state index contributed by atoms with van der Waals surface area (Å²) in [4.78, 5) is 23.4. The molecule has 0 aliphatic carbocycles. The molecule has 2 rings (SSSR count). The van der Waals surface area contributed by atoms with E-state index in [1.54, 1.807) is 24.3 Å². The third-order valence-electron chi connectivity index (χ3n) is 3.56. The SMILES string of the molecule is N#Cc1ccccc1C[C@H](NC(=O)Cc1ccc(F)cc1F)C(=O)O. The van der Waals surface area contributed by atoms with Crippen molar-refractivity contribution in [3.63, 3.8) is 0 Å². The number of hydrogen-bond acceptors (Lipinski definition) is 3. The van der Waals surface area contributed by atoms with Gasteiger partial charge in [-0.2, -0.15) is 5.26 Å². The van der Waals surface area contributed by atoms with Gasteiger partial charge in [-0.25, -0.2) is 13.6 Å². The molecule has 0 spiro atoms. The normalized spacial score (nSPS) is 11.4. The molecule has 2 aromatic carbocycles. The monoisotopic (exact) mass is 344 g/mol. The maximum Gasteiger partial charge on any atom is 0.326 e. The minimum absolute atomic E-state index is 0.0412. The van der Waals surface area contributed by atoms with Gasteiger partial charge in [0.2, 0.25) is 5.91 Å². The summed E-state index contributed by atoms with van der Waals surface area (Å²) in [6.45, 7) is 0. The van der Waals surface area contributed by atoms with Crippen LogP contribution in [0, 0.1) is 23.0 Å². The number of benzene rings is 2. The molecule has 0 aliphatic rings. The summed E-state index contributed by atoms with van der Waals surface area (Å²) < 4.78 is 26.4. The summed E-state index contributed by atoms with van der Waals surface area (Å²) in [7, 11) is 0. The zero-order valence-electron chi connectivity index (χ0n) is 13.0. The number of halogens is 2. The quantitative estimate of drug-likeness (QED) is 0.840. The third kappa shape index (κ3) is 4.85. The van der Waals surface area contributed by atoms with Crippen LogP contribution in [-0.4, -0.2) is 23.0 Å². The number of hydrogen-bond donors (Lipinski definition) is 2. The zero-order valence-corrected chi connectivity index (χ0v) is 13.0. The van der Waals surface area contributed by atoms with Crippen LogP contribution in [0.1, 0.15) is 16.7 Å². The van der Waals surface area contributed by atoms with Crippen LogP contribution in [0.25, 0.3) is 0 Å². The first-order chi connectivity index (χ1) is 11.9. The van der Waals surface area contributed by atoms with Crippen molar-refractivity contribution in [1.29, 1.82) is 5.26 Å². The number of amides is 1.